The molecule has 0 spiro atoms. The molecule has 1 aromatic carbocycles. The number of hydrogen-bond donors (Lipinski definition) is 1. The van der Waals surface area contributed by atoms with Crippen LogP contribution < -0.4 is 5.32 Å². The third-order valence-corrected chi connectivity index (χ3v) is 3.55. The molecular formula is C12H13Cl2FN2S. The van der Waals surface area contributed by atoms with Gasteiger partial charge in [0.2, 0.25) is 0 Å². The van der Waals surface area contributed by atoms with Crippen molar-refractivity contribution >= 4 is 35.3 Å². The molecule has 1 N–H and O–H groups in total. The zero-order valence-electron chi connectivity index (χ0n) is 9.74. The Labute approximate surface area is 121 Å². The maximum Gasteiger partial charge on any atom is 0.141 e. The van der Waals surface area contributed by atoms with Crippen molar-refractivity contribution in [2.24, 2.45) is 0 Å². The molecule has 18 heavy (non-hydrogen) atoms. The van der Waals surface area contributed by atoms with Gasteiger partial charge in [0.1, 0.15) is 5.82 Å². The number of likely N-dealkylation sites (N-methyl/N-ethyl adjacent to an activating group) is 1. The van der Waals surface area contributed by atoms with E-state index in [1.807, 2.05) is 12.4 Å². The van der Waals surface area contributed by atoms with Gasteiger partial charge in [-0.3, -0.25) is 0 Å². The Balaban J connectivity index is 0.00000162. The van der Waals surface area contributed by atoms with Gasteiger partial charge in [0.05, 0.1) is 15.7 Å². The Morgan fingerprint density at radius 2 is 2.22 bits per heavy atom. The molecule has 98 valence electrons. The lowest BCUT2D eigenvalue weighted by Gasteiger charge is -1.99. The normalized spacial score (nSPS) is 10.2. The van der Waals surface area contributed by atoms with Crippen LogP contribution in [0.25, 0.3) is 11.3 Å². The van der Waals surface area contributed by atoms with Crippen LogP contribution in [0.2, 0.25) is 5.02 Å². The summed E-state index contributed by atoms with van der Waals surface area (Å²) in [6.07, 6.45) is 0.899. The molecular weight excluding hydrogens is 294 g/mol. The van der Waals surface area contributed by atoms with Crippen molar-refractivity contribution in [1.82, 2.24) is 10.3 Å². The van der Waals surface area contributed by atoms with Crippen molar-refractivity contribution in [3.8, 4) is 11.3 Å². The molecule has 0 unspecified atom stereocenters. The molecule has 0 atom stereocenters. The molecule has 0 aliphatic carbocycles. The van der Waals surface area contributed by atoms with Gasteiger partial charge in [-0.1, -0.05) is 11.6 Å². The van der Waals surface area contributed by atoms with E-state index in [4.69, 9.17) is 11.6 Å². The van der Waals surface area contributed by atoms with E-state index in [1.165, 1.54) is 6.07 Å². The summed E-state index contributed by atoms with van der Waals surface area (Å²) in [6.45, 7) is 0.900. The van der Waals surface area contributed by atoms with Gasteiger partial charge in [-0.05, 0) is 25.2 Å². The molecule has 2 rings (SSSR count). The van der Waals surface area contributed by atoms with Crippen molar-refractivity contribution in [2.75, 3.05) is 13.6 Å². The predicted molar refractivity (Wildman–Crippen MR) is 77.4 cm³/mol. The summed E-state index contributed by atoms with van der Waals surface area (Å²) in [6, 6.07) is 4.66. The van der Waals surface area contributed by atoms with Crippen molar-refractivity contribution in [2.45, 2.75) is 6.42 Å². The number of nitrogens with zero attached hydrogens (tertiary/aromatic N) is 1. The van der Waals surface area contributed by atoms with E-state index in [-0.39, 0.29) is 17.4 Å². The van der Waals surface area contributed by atoms with E-state index in [9.17, 15) is 4.39 Å². The second-order valence-corrected chi connectivity index (χ2v) is 4.96. The van der Waals surface area contributed by atoms with Gasteiger partial charge in [-0.2, -0.15) is 0 Å². The van der Waals surface area contributed by atoms with Gasteiger partial charge in [-0.25, -0.2) is 9.37 Å². The number of thiazole rings is 1. The Morgan fingerprint density at radius 1 is 1.44 bits per heavy atom. The zero-order valence-corrected chi connectivity index (χ0v) is 12.1. The third kappa shape index (κ3) is 3.65. The van der Waals surface area contributed by atoms with Crippen molar-refractivity contribution in [3.05, 3.63) is 39.4 Å². The van der Waals surface area contributed by atoms with E-state index >= 15 is 0 Å². The highest BCUT2D eigenvalue weighted by atomic mass is 35.5. The largest absolute Gasteiger partial charge is 0.319 e. The van der Waals surface area contributed by atoms with Crippen molar-refractivity contribution in [3.63, 3.8) is 0 Å². The topological polar surface area (TPSA) is 24.9 Å². The highest BCUT2D eigenvalue weighted by Crippen LogP contribution is 2.26. The average Bonchev–Trinajstić information content (AvgIpc) is 2.79. The van der Waals surface area contributed by atoms with E-state index in [0.717, 1.165) is 29.2 Å². The van der Waals surface area contributed by atoms with Crippen LogP contribution in [0.4, 0.5) is 4.39 Å². The Morgan fingerprint density at radius 3 is 2.89 bits per heavy atom. The Bertz CT molecular complexity index is 517. The van der Waals surface area contributed by atoms with Gasteiger partial charge in [0.25, 0.3) is 0 Å². The minimum absolute atomic E-state index is 0. The predicted octanol–water partition coefficient (Wildman–Crippen LogP) is 3.79. The molecule has 0 saturated carbocycles. The van der Waals surface area contributed by atoms with Crippen LogP contribution in [-0.4, -0.2) is 18.6 Å². The molecule has 0 saturated heterocycles. The molecule has 2 aromatic rings. The molecule has 0 radical (unpaired) electrons. The van der Waals surface area contributed by atoms with Gasteiger partial charge in [0.15, 0.2) is 0 Å². The summed E-state index contributed by atoms with van der Waals surface area (Å²) in [7, 11) is 1.91. The average molecular weight is 307 g/mol. The zero-order chi connectivity index (χ0) is 12.3. The lowest BCUT2D eigenvalue weighted by Crippen LogP contribution is -2.09. The number of benzene rings is 1. The highest BCUT2D eigenvalue weighted by Gasteiger charge is 2.07. The second kappa shape index (κ2) is 7.04. The summed E-state index contributed by atoms with van der Waals surface area (Å²) in [5.74, 6) is -0.402. The Hall–Kier alpha value is -0.680. The maximum absolute atomic E-state index is 13.0. The third-order valence-electron chi connectivity index (χ3n) is 2.36. The van der Waals surface area contributed by atoms with Gasteiger partial charge in [-0.15, -0.1) is 23.7 Å². The first-order valence-electron chi connectivity index (χ1n) is 5.25. The number of hydrogen-bond acceptors (Lipinski definition) is 3. The fourth-order valence-corrected chi connectivity index (χ4v) is 2.43. The van der Waals surface area contributed by atoms with E-state index in [2.05, 4.69) is 10.3 Å². The van der Waals surface area contributed by atoms with Crippen LogP contribution in [0.3, 0.4) is 0 Å². The molecule has 6 heteroatoms. The smallest absolute Gasteiger partial charge is 0.141 e. The SMILES string of the molecule is CNCCc1nc(-c2ccc(F)c(Cl)c2)cs1.Cl. The molecule has 0 aliphatic heterocycles. The second-order valence-electron chi connectivity index (χ2n) is 3.61. The first-order valence-corrected chi connectivity index (χ1v) is 6.51. The molecule has 0 aliphatic rings. The van der Waals surface area contributed by atoms with Crippen LogP contribution in [0.1, 0.15) is 5.01 Å². The first kappa shape index (κ1) is 15.4. The minimum atomic E-state index is -0.402. The minimum Gasteiger partial charge on any atom is -0.319 e. The molecule has 0 fully saturated rings. The quantitative estimate of drug-likeness (QED) is 0.929. The summed E-state index contributed by atoms with van der Waals surface area (Å²) >= 11 is 7.35. The molecule has 1 heterocycles. The summed E-state index contributed by atoms with van der Waals surface area (Å²) in [5, 5.41) is 6.24. The monoisotopic (exact) mass is 306 g/mol. The first-order chi connectivity index (χ1) is 8.20. The highest BCUT2D eigenvalue weighted by molar-refractivity contribution is 7.09. The van der Waals surface area contributed by atoms with E-state index in [0.29, 0.717) is 0 Å². The molecule has 0 bridgehead atoms. The van der Waals surface area contributed by atoms with E-state index < -0.39 is 5.82 Å². The number of halogens is 3. The number of rotatable bonds is 4. The van der Waals surface area contributed by atoms with Gasteiger partial charge >= 0.3 is 0 Å². The summed E-state index contributed by atoms with van der Waals surface area (Å²) in [5.41, 5.74) is 1.70. The summed E-state index contributed by atoms with van der Waals surface area (Å²) in [4.78, 5) is 4.49. The standard InChI is InChI=1S/C12H12ClFN2S.ClH/c1-15-5-4-12-16-11(7-17-12)8-2-3-10(14)9(13)6-8;/h2-3,6-7,15H,4-5H2,1H3;1H. The van der Waals surface area contributed by atoms with Crippen LogP contribution in [-0.2, 0) is 6.42 Å². The molecule has 2 nitrogen and oxygen atoms in total. The lowest BCUT2D eigenvalue weighted by atomic mass is 10.2. The van der Waals surface area contributed by atoms with Crippen LogP contribution in [0.5, 0.6) is 0 Å². The number of nitrogens with one attached hydrogen (secondary N) is 1. The fourth-order valence-electron chi connectivity index (χ4n) is 1.45. The van der Waals surface area contributed by atoms with Crippen LogP contribution >= 0.6 is 35.3 Å². The van der Waals surface area contributed by atoms with Crippen LogP contribution in [0, 0.1) is 5.82 Å². The Kier molecular flexibility index (Phi) is 6.02. The van der Waals surface area contributed by atoms with E-state index in [1.54, 1.807) is 23.5 Å². The lowest BCUT2D eigenvalue weighted by molar-refractivity contribution is 0.628. The van der Waals surface area contributed by atoms with Crippen LogP contribution in [0.15, 0.2) is 23.6 Å². The number of aromatic nitrogens is 1. The fraction of sp³-hybridized carbons (Fsp3) is 0.250. The molecule has 0 amide bonds. The van der Waals surface area contributed by atoms with Gasteiger partial charge in [0, 0.05) is 23.9 Å². The molecule has 1 aromatic heterocycles. The maximum atomic E-state index is 13.0. The van der Waals surface area contributed by atoms with Gasteiger partial charge < -0.3 is 5.32 Å². The summed E-state index contributed by atoms with van der Waals surface area (Å²) < 4.78 is 13.0. The van der Waals surface area contributed by atoms with Crippen molar-refractivity contribution < 1.29 is 4.39 Å². The van der Waals surface area contributed by atoms with Crippen molar-refractivity contribution in [1.29, 1.82) is 0 Å².